The third-order valence-corrected chi connectivity index (χ3v) is 3.07. The SMILES string of the molecule is COC(=O)/C=C\C(=O)OC(CCC(=O)OC(C)=O)Cc1ccccc1. The fourth-order valence-corrected chi connectivity index (χ4v) is 1.98. The van der Waals surface area contributed by atoms with Gasteiger partial charge in [0.2, 0.25) is 0 Å². The molecule has 1 atom stereocenters. The van der Waals surface area contributed by atoms with Gasteiger partial charge in [0.05, 0.1) is 7.11 Å². The molecule has 0 aliphatic carbocycles. The van der Waals surface area contributed by atoms with Crippen molar-refractivity contribution in [1.29, 1.82) is 0 Å². The van der Waals surface area contributed by atoms with Crippen LogP contribution >= 0.6 is 0 Å². The van der Waals surface area contributed by atoms with Crippen molar-refractivity contribution < 1.29 is 33.4 Å². The van der Waals surface area contributed by atoms with Crippen LogP contribution < -0.4 is 0 Å². The quantitative estimate of drug-likeness (QED) is 0.305. The van der Waals surface area contributed by atoms with E-state index in [9.17, 15) is 19.2 Å². The number of carbonyl (C=O) groups is 4. The Labute approximate surface area is 145 Å². The maximum absolute atomic E-state index is 11.8. The molecule has 25 heavy (non-hydrogen) atoms. The first-order valence-electron chi connectivity index (χ1n) is 7.62. The van der Waals surface area contributed by atoms with E-state index in [-0.39, 0.29) is 12.8 Å². The van der Waals surface area contributed by atoms with Gasteiger partial charge < -0.3 is 14.2 Å². The van der Waals surface area contributed by atoms with Gasteiger partial charge in [0.15, 0.2) is 0 Å². The summed E-state index contributed by atoms with van der Waals surface area (Å²) in [5, 5.41) is 0. The van der Waals surface area contributed by atoms with E-state index >= 15 is 0 Å². The lowest BCUT2D eigenvalue weighted by atomic mass is 10.0. The Kier molecular flexibility index (Phi) is 8.63. The summed E-state index contributed by atoms with van der Waals surface area (Å²) in [5.41, 5.74) is 0.914. The predicted octanol–water partition coefficient (Wildman–Crippen LogP) is 1.74. The molecule has 0 amide bonds. The highest BCUT2D eigenvalue weighted by Crippen LogP contribution is 2.12. The summed E-state index contributed by atoms with van der Waals surface area (Å²) in [6.07, 6.45) is 1.77. The Morgan fingerprint density at radius 2 is 1.68 bits per heavy atom. The van der Waals surface area contributed by atoms with E-state index in [2.05, 4.69) is 9.47 Å². The van der Waals surface area contributed by atoms with Crippen LogP contribution in [0.1, 0.15) is 25.3 Å². The molecule has 1 rings (SSSR count). The lowest BCUT2D eigenvalue weighted by molar-refractivity contribution is -0.159. The molecule has 0 heterocycles. The number of esters is 4. The second kappa shape index (κ2) is 10.7. The van der Waals surface area contributed by atoms with E-state index < -0.39 is 30.0 Å². The van der Waals surface area contributed by atoms with Gasteiger partial charge in [-0.2, -0.15) is 0 Å². The van der Waals surface area contributed by atoms with Crippen molar-refractivity contribution in [3.63, 3.8) is 0 Å². The molecule has 0 saturated carbocycles. The number of benzene rings is 1. The smallest absolute Gasteiger partial charge is 0.331 e. The maximum atomic E-state index is 11.8. The zero-order chi connectivity index (χ0) is 18.7. The van der Waals surface area contributed by atoms with Crippen molar-refractivity contribution in [3.05, 3.63) is 48.0 Å². The minimum atomic E-state index is -0.730. The Morgan fingerprint density at radius 1 is 1.04 bits per heavy atom. The molecule has 1 unspecified atom stereocenters. The average Bonchev–Trinajstić information content (AvgIpc) is 2.58. The van der Waals surface area contributed by atoms with Crippen molar-refractivity contribution >= 4 is 23.9 Å². The number of ether oxygens (including phenoxy) is 3. The molecule has 0 aliphatic heterocycles. The third kappa shape index (κ3) is 9.04. The zero-order valence-corrected chi connectivity index (χ0v) is 14.1. The van der Waals surface area contributed by atoms with E-state index in [1.54, 1.807) is 0 Å². The van der Waals surface area contributed by atoms with Crippen LogP contribution in [0, 0.1) is 0 Å². The molecule has 0 radical (unpaired) electrons. The van der Waals surface area contributed by atoms with Gasteiger partial charge in [0, 0.05) is 31.9 Å². The summed E-state index contributed by atoms with van der Waals surface area (Å²) in [6.45, 7) is 1.14. The summed E-state index contributed by atoms with van der Waals surface area (Å²) >= 11 is 0. The van der Waals surface area contributed by atoms with Crippen LogP contribution in [0.5, 0.6) is 0 Å². The molecule has 0 aliphatic rings. The van der Waals surface area contributed by atoms with Gasteiger partial charge in [-0.05, 0) is 12.0 Å². The minimum Gasteiger partial charge on any atom is -0.466 e. The van der Waals surface area contributed by atoms with Crippen molar-refractivity contribution in [2.75, 3.05) is 7.11 Å². The highest BCUT2D eigenvalue weighted by molar-refractivity contribution is 5.91. The van der Waals surface area contributed by atoms with Crippen molar-refractivity contribution in [2.24, 2.45) is 0 Å². The average molecular weight is 348 g/mol. The zero-order valence-electron chi connectivity index (χ0n) is 14.1. The first-order chi connectivity index (χ1) is 11.9. The number of hydrogen-bond acceptors (Lipinski definition) is 7. The van der Waals surface area contributed by atoms with Crippen LogP contribution in [0.4, 0.5) is 0 Å². The molecule has 7 nitrogen and oxygen atoms in total. The lowest BCUT2D eigenvalue weighted by Crippen LogP contribution is -2.22. The van der Waals surface area contributed by atoms with E-state index in [0.29, 0.717) is 6.42 Å². The highest BCUT2D eigenvalue weighted by Gasteiger charge is 2.17. The molecule has 0 spiro atoms. The normalized spacial score (nSPS) is 11.6. The fourth-order valence-electron chi connectivity index (χ4n) is 1.98. The largest absolute Gasteiger partial charge is 0.466 e. The van der Waals surface area contributed by atoms with E-state index in [0.717, 1.165) is 24.6 Å². The van der Waals surface area contributed by atoms with Crippen LogP contribution in [0.2, 0.25) is 0 Å². The fraction of sp³-hybridized carbons (Fsp3) is 0.333. The Balaban J connectivity index is 2.68. The Morgan fingerprint density at radius 3 is 2.28 bits per heavy atom. The number of rotatable bonds is 8. The topological polar surface area (TPSA) is 96.0 Å². The molecule has 0 aromatic heterocycles. The predicted molar refractivity (Wildman–Crippen MR) is 87.2 cm³/mol. The molecule has 1 aromatic rings. The molecule has 0 saturated heterocycles. The van der Waals surface area contributed by atoms with Crippen LogP contribution in [0.25, 0.3) is 0 Å². The Bertz CT molecular complexity index is 634. The van der Waals surface area contributed by atoms with Gasteiger partial charge in [-0.25, -0.2) is 9.59 Å². The third-order valence-electron chi connectivity index (χ3n) is 3.07. The van der Waals surface area contributed by atoms with Gasteiger partial charge in [-0.15, -0.1) is 0 Å². The first-order valence-corrected chi connectivity index (χ1v) is 7.62. The number of hydrogen-bond donors (Lipinski definition) is 0. The molecule has 0 N–H and O–H groups in total. The molecule has 0 fully saturated rings. The molecule has 134 valence electrons. The van der Waals surface area contributed by atoms with Gasteiger partial charge in [-0.1, -0.05) is 30.3 Å². The molecule has 7 heteroatoms. The maximum Gasteiger partial charge on any atom is 0.331 e. The Hall–Kier alpha value is -2.96. The van der Waals surface area contributed by atoms with Crippen LogP contribution in [-0.2, 0) is 39.8 Å². The molecule has 0 bridgehead atoms. The van der Waals surface area contributed by atoms with Gasteiger partial charge in [0.1, 0.15) is 6.10 Å². The van der Waals surface area contributed by atoms with Crippen molar-refractivity contribution in [2.45, 2.75) is 32.3 Å². The minimum absolute atomic E-state index is 0.0783. The molecular weight excluding hydrogens is 328 g/mol. The monoisotopic (exact) mass is 348 g/mol. The number of carbonyl (C=O) groups excluding carboxylic acids is 4. The summed E-state index contributed by atoms with van der Waals surface area (Å²) in [4.78, 5) is 45.1. The molecule has 1 aromatic carbocycles. The summed E-state index contributed by atoms with van der Waals surface area (Å²) in [5.74, 6) is -2.79. The number of methoxy groups -OCH3 is 1. The second-order valence-electron chi connectivity index (χ2n) is 5.11. The highest BCUT2D eigenvalue weighted by atomic mass is 16.6. The van der Waals surface area contributed by atoms with E-state index in [1.165, 1.54) is 7.11 Å². The van der Waals surface area contributed by atoms with E-state index in [4.69, 9.17) is 4.74 Å². The van der Waals surface area contributed by atoms with Gasteiger partial charge in [0.25, 0.3) is 0 Å². The summed E-state index contributed by atoms with van der Waals surface area (Å²) < 4.78 is 14.1. The molecular formula is C18H20O7. The van der Waals surface area contributed by atoms with Crippen molar-refractivity contribution in [3.8, 4) is 0 Å². The van der Waals surface area contributed by atoms with Crippen molar-refractivity contribution in [1.82, 2.24) is 0 Å². The summed E-state index contributed by atoms with van der Waals surface area (Å²) in [7, 11) is 1.19. The van der Waals surface area contributed by atoms with Gasteiger partial charge >= 0.3 is 23.9 Å². The van der Waals surface area contributed by atoms with E-state index in [1.807, 2.05) is 30.3 Å². The standard InChI is InChI=1S/C18H20O7/c1-13(19)24-17(21)9-8-15(12-14-6-4-3-5-7-14)25-18(22)11-10-16(20)23-2/h3-7,10-11,15H,8-9,12H2,1-2H3/b11-10-. The second-order valence-corrected chi connectivity index (χ2v) is 5.11. The van der Waals surface area contributed by atoms with Crippen LogP contribution in [-0.4, -0.2) is 37.1 Å². The first kappa shape index (κ1) is 20.1. The lowest BCUT2D eigenvalue weighted by Gasteiger charge is -2.16. The van der Waals surface area contributed by atoms with Crippen LogP contribution in [0.15, 0.2) is 42.5 Å². The summed E-state index contributed by atoms with van der Waals surface area (Å²) in [6, 6.07) is 9.26. The van der Waals surface area contributed by atoms with Gasteiger partial charge in [-0.3, -0.25) is 9.59 Å². The van der Waals surface area contributed by atoms with Crippen LogP contribution in [0.3, 0.4) is 0 Å².